The van der Waals surface area contributed by atoms with Gasteiger partial charge in [0.25, 0.3) is 0 Å². The lowest BCUT2D eigenvalue weighted by Crippen LogP contribution is -2.64. The van der Waals surface area contributed by atoms with E-state index < -0.39 is 77.1 Å². The quantitative estimate of drug-likeness (QED) is 0.351. The molecule has 2 nitrogen and oxygen atoms in total. The van der Waals surface area contributed by atoms with Gasteiger partial charge < -0.3 is 9.59 Å². The Labute approximate surface area is 131 Å². The predicted molar refractivity (Wildman–Crippen MR) is 61.9 cm³/mol. The molecule has 2 aromatic carbocycles. The van der Waals surface area contributed by atoms with E-state index in [1.165, 1.54) is 0 Å². The van der Waals surface area contributed by atoms with E-state index in [0.717, 1.165) is 0 Å². The lowest BCUT2D eigenvalue weighted by Gasteiger charge is -2.22. The molecule has 0 saturated carbocycles. The van der Waals surface area contributed by atoms with Gasteiger partial charge in [0, 0.05) is 0 Å². The van der Waals surface area contributed by atoms with E-state index in [1.54, 1.807) is 0 Å². The second-order valence-corrected chi connectivity index (χ2v) is 6.91. The van der Waals surface area contributed by atoms with Crippen LogP contribution in [0.2, 0.25) is 0 Å². The Morgan fingerprint density at radius 1 is 0.360 bits per heavy atom. The van der Waals surface area contributed by atoms with Crippen LogP contribution in [0.4, 0.5) is 43.9 Å². The van der Waals surface area contributed by atoms with E-state index in [0.29, 0.717) is 0 Å². The second-order valence-electron chi connectivity index (χ2n) is 4.56. The zero-order chi connectivity index (χ0) is 19.4. The van der Waals surface area contributed by atoms with Gasteiger partial charge >= 0.3 is 8.56 Å². The first-order valence-corrected chi connectivity index (χ1v) is 7.73. The molecule has 0 aliphatic rings. The maximum atomic E-state index is 13.6. The summed E-state index contributed by atoms with van der Waals surface area (Å²) in [5, 5.41) is -4.99. The van der Waals surface area contributed by atoms with Gasteiger partial charge in [0.15, 0.2) is 46.5 Å². The maximum Gasteiger partial charge on any atom is 0.414 e. The van der Waals surface area contributed by atoms with Crippen LogP contribution in [0.15, 0.2) is 0 Å². The summed E-state index contributed by atoms with van der Waals surface area (Å²) in [5.74, 6) is -27.9. The highest BCUT2D eigenvalue weighted by molar-refractivity contribution is 6.90. The minimum Gasteiger partial charge on any atom is -0.404 e. The Morgan fingerprint density at radius 3 is 0.720 bits per heavy atom. The Balaban J connectivity index is 2.96. The number of halogens is 10. The lowest BCUT2D eigenvalue weighted by atomic mass is 10.3. The average Bonchev–Trinajstić information content (AvgIpc) is 2.54. The molecule has 25 heavy (non-hydrogen) atoms. The number of hydrogen-bond donors (Lipinski definition) is 2. The molecule has 0 aliphatic carbocycles. The fourth-order valence-corrected chi connectivity index (χ4v) is 3.86. The Morgan fingerprint density at radius 2 is 0.520 bits per heavy atom. The molecule has 0 heterocycles. The average molecular weight is 396 g/mol. The first-order valence-electron chi connectivity index (χ1n) is 5.84. The Hall–Kier alpha value is -2.12. The van der Waals surface area contributed by atoms with Crippen LogP contribution in [0.25, 0.3) is 0 Å². The molecular formula is C12H2F10O2Si. The van der Waals surface area contributed by atoms with Crippen molar-refractivity contribution in [3.8, 4) is 0 Å². The number of benzene rings is 2. The highest BCUT2D eigenvalue weighted by atomic mass is 28.4. The van der Waals surface area contributed by atoms with E-state index in [1.807, 2.05) is 0 Å². The minimum absolute atomic E-state index is 2.49. The van der Waals surface area contributed by atoms with Crippen LogP contribution in [0.1, 0.15) is 0 Å². The summed E-state index contributed by atoms with van der Waals surface area (Å²) < 4.78 is 133. The lowest BCUT2D eigenvalue weighted by molar-refractivity contribution is 0.354. The third-order valence-corrected chi connectivity index (χ3v) is 5.39. The van der Waals surface area contributed by atoms with E-state index in [2.05, 4.69) is 0 Å². The third kappa shape index (κ3) is 2.58. The van der Waals surface area contributed by atoms with Crippen molar-refractivity contribution in [2.75, 3.05) is 0 Å². The first-order chi connectivity index (χ1) is 11.4. The molecule has 0 atom stereocenters. The summed E-state index contributed by atoms with van der Waals surface area (Å²) in [6.07, 6.45) is 0. The van der Waals surface area contributed by atoms with Crippen molar-refractivity contribution in [3.05, 3.63) is 58.2 Å². The minimum atomic E-state index is -6.60. The van der Waals surface area contributed by atoms with Crippen molar-refractivity contribution in [3.63, 3.8) is 0 Å². The molecule has 136 valence electrons. The van der Waals surface area contributed by atoms with E-state index in [4.69, 9.17) is 0 Å². The van der Waals surface area contributed by atoms with Crippen molar-refractivity contribution >= 4 is 18.9 Å². The first kappa shape index (κ1) is 19.2. The summed E-state index contributed by atoms with van der Waals surface area (Å²) in [6, 6.07) is 0. The molecule has 2 N–H and O–H groups in total. The van der Waals surface area contributed by atoms with Crippen molar-refractivity contribution in [1.82, 2.24) is 0 Å². The van der Waals surface area contributed by atoms with Gasteiger partial charge in [-0.1, -0.05) is 0 Å². The van der Waals surface area contributed by atoms with Crippen LogP contribution in [-0.4, -0.2) is 18.2 Å². The van der Waals surface area contributed by atoms with E-state index in [9.17, 15) is 53.5 Å². The van der Waals surface area contributed by atoms with Gasteiger partial charge in [-0.25, -0.2) is 43.9 Å². The van der Waals surface area contributed by atoms with Crippen molar-refractivity contribution in [2.45, 2.75) is 0 Å². The molecule has 0 spiro atoms. The number of rotatable bonds is 2. The molecule has 2 rings (SSSR count). The van der Waals surface area contributed by atoms with E-state index in [-0.39, 0.29) is 0 Å². The SMILES string of the molecule is O[Si](O)(c1c(F)c(F)c(F)c(F)c1F)c1c(F)c(F)c(F)c(F)c1F. The molecule has 13 heteroatoms. The highest BCUT2D eigenvalue weighted by Gasteiger charge is 2.50. The fourth-order valence-electron chi connectivity index (χ4n) is 1.95. The van der Waals surface area contributed by atoms with Gasteiger partial charge in [-0.05, 0) is 0 Å². The molecular weight excluding hydrogens is 394 g/mol. The molecule has 0 aromatic heterocycles. The van der Waals surface area contributed by atoms with Gasteiger partial charge in [0.2, 0.25) is 11.6 Å². The van der Waals surface area contributed by atoms with Crippen LogP contribution in [-0.2, 0) is 0 Å². The van der Waals surface area contributed by atoms with Gasteiger partial charge in [-0.3, -0.25) is 0 Å². The van der Waals surface area contributed by atoms with Crippen molar-refractivity contribution in [1.29, 1.82) is 0 Å². The topological polar surface area (TPSA) is 40.5 Å². The van der Waals surface area contributed by atoms with Gasteiger partial charge in [0.05, 0.1) is 10.4 Å². The highest BCUT2D eigenvalue weighted by Crippen LogP contribution is 2.22. The molecule has 0 fully saturated rings. The van der Waals surface area contributed by atoms with Gasteiger partial charge in [-0.15, -0.1) is 0 Å². The standard InChI is InChI=1S/C12H2F10O2Si/c13-1-3(15)7(19)11(8(20)4(1)16)25(23,24)12-9(21)5(17)2(14)6(18)10(12)22/h23-24H. The zero-order valence-electron chi connectivity index (χ0n) is 11.2. The second kappa shape index (κ2) is 6.00. The van der Waals surface area contributed by atoms with Crippen LogP contribution < -0.4 is 10.4 Å². The summed E-state index contributed by atoms with van der Waals surface area (Å²) in [7, 11) is -6.60. The normalized spacial score (nSPS) is 12.0. The fraction of sp³-hybridized carbons (Fsp3) is 0. The molecule has 0 saturated heterocycles. The van der Waals surface area contributed by atoms with Crippen LogP contribution in [0, 0.1) is 58.2 Å². The molecule has 0 unspecified atom stereocenters. The molecule has 0 bridgehead atoms. The Kier molecular flexibility index (Phi) is 4.61. The summed E-state index contributed by atoms with van der Waals surface area (Å²) in [4.78, 5) is 19.4. The predicted octanol–water partition coefficient (Wildman–Crippen LogP) is 1.62. The maximum absolute atomic E-state index is 13.6. The van der Waals surface area contributed by atoms with Crippen LogP contribution >= 0.6 is 0 Å². The molecule has 2 aromatic rings. The van der Waals surface area contributed by atoms with Gasteiger partial charge in [0.1, 0.15) is 0 Å². The molecule has 0 radical (unpaired) electrons. The van der Waals surface area contributed by atoms with E-state index >= 15 is 0 Å². The van der Waals surface area contributed by atoms with Crippen LogP contribution in [0.3, 0.4) is 0 Å². The smallest absolute Gasteiger partial charge is 0.404 e. The monoisotopic (exact) mass is 396 g/mol. The summed E-state index contributed by atoms with van der Waals surface area (Å²) >= 11 is 0. The van der Waals surface area contributed by atoms with Crippen molar-refractivity contribution in [2.24, 2.45) is 0 Å². The van der Waals surface area contributed by atoms with Crippen LogP contribution in [0.5, 0.6) is 0 Å². The largest absolute Gasteiger partial charge is 0.414 e. The zero-order valence-corrected chi connectivity index (χ0v) is 12.2. The molecule has 0 amide bonds. The van der Waals surface area contributed by atoms with Crippen molar-refractivity contribution < 1.29 is 53.5 Å². The molecule has 0 aliphatic heterocycles. The summed E-state index contributed by atoms with van der Waals surface area (Å²) in [5.41, 5.74) is 0. The summed E-state index contributed by atoms with van der Waals surface area (Å²) in [6.45, 7) is 0. The number of hydrogen-bond acceptors (Lipinski definition) is 2. The Bertz CT molecular complexity index is 769. The third-order valence-electron chi connectivity index (χ3n) is 3.12. The van der Waals surface area contributed by atoms with Gasteiger partial charge in [-0.2, -0.15) is 0 Å².